The number of pyridine rings is 1. The number of rotatable bonds is 3. The van der Waals surface area contributed by atoms with Crippen molar-refractivity contribution in [3.8, 4) is 5.69 Å². The molecule has 1 fully saturated rings. The highest BCUT2D eigenvalue weighted by Crippen LogP contribution is 2.48. The number of benzene rings is 1. The van der Waals surface area contributed by atoms with Crippen LogP contribution in [0.2, 0.25) is 5.02 Å². The maximum atomic E-state index is 6.13. The van der Waals surface area contributed by atoms with Gasteiger partial charge in [-0.05, 0) is 55.5 Å². The molecule has 0 N–H and O–H groups in total. The molecule has 0 radical (unpaired) electrons. The minimum atomic E-state index is -0.00319. The molecule has 2 aromatic heterocycles. The highest BCUT2D eigenvalue weighted by molar-refractivity contribution is 8.14. The Morgan fingerprint density at radius 1 is 1.07 bits per heavy atom. The summed E-state index contributed by atoms with van der Waals surface area (Å²) in [5.41, 5.74) is 4.58. The maximum Gasteiger partial charge on any atom is 0.160 e. The number of hydrogen-bond acceptors (Lipinski definition) is 4. The minimum absolute atomic E-state index is 0.00319. The SMILES string of the molecule is Cc1ccc([C@@H]2[C@@H](c3ccccn3)N=C3S[C@H](C)CN32)n1-c1ccc(Cl)cc1. The predicted molar refractivity (Wildman–Crippen MR) is 116 cm³/mol. The van der Waals surface area contributed by atoms with Crippen molar-refractivity contribution in [2.45, 2.75) is 31.2 Å². The number of halogens is 1. The minimum Gasteiger partial charge on any atom is -0.339 e. The molecule has 142 valence electrons. The van der Waals surface area contributed by atoms with Crippen LogP contribution in [0.1, 0.15) is 36.1 Å². The maximum absolute atomic E-state index is 6.13. The lowest BCUT2D eigenvalue weighted by Crippen LogP contribution is -2.30. The highest BCUT2D eigenvalue weighted by Gasteiger charge is 2.44. The molecule has 3 atom stereocenters. The van der Waals surface area contributed by atoms with Gasteiger partial charge in [-0.15, -0.1) is 0 Å². The first-order valence-electron chi connectivity index (χ1n) is 9.48. The average Bonchev–Trinajstić information content (AvgIpc) is 3.35. The molecule has 4 nitrogen and oxygen atoms in total. The molecule has 6 heteroatoms. The molecular weight excluding hydrogens is 388 g/mol. The molecule has 0 amide bonds. The molecule has 0 aliphatic carbocycles. The number of aromatic nitrogens is 2. The Kier molecular flexibility index (Phi) is 4.44. The monoisotopic (exact) mass is 408 g/mol. The van der Waals surface area contributed by atoms with E-state index in [-0.39, 0.29) is 12.1 Å². The quantitative estimate of drug-likeness (QED) is 0.579. The van der Waals surface area contributed by atoms with Gasteiger partial charge in [-0.1, -0.05) is 36.4 Å². The van der Waals surface area contributed by atoms with Crippen molar-refractivity contribution < 1.29 is 0 Å². The Hall–Kier alpha value is -2.24. The fraction of sp³-hybridized carbons (Fsp3) is 0.273. The molecule has 0 bridgehead atoms. The van der Waals surface area contributed by atoms with E-state index in [1.54, 1.807) is 0 Å². The van der Waals surface area contributed by atoms with Gasteiger partial charge in [0.2, 0.25) is 0 Å². The Balaban J connectivity index is 1.64. The van der Waals surface area contributed by atoms with Crippen LogP contribution in [-0.2, 0) is 0 Å². The number of aryl methyl sites for hydroxylation is 1. The van der Waals surface area contributed by atoms with Crippen molar-refractivity contribution in [1.29, 1.82) is 0 Å². The Morgan fingerprint density at radius 2 is 1.89 bits per heavy atom. The molecule has 1 aromatic carbocycles. The topological polar surface area (TPSA) is 33.4 Å². The Bertz CT molecular complexity index is 1030. The van der Waals surface area contributed by atoms with Crippen LogP contribution in [0.3, 0.4) is 0 Å². The summed E-state index contributed by atoms with van der Waals surface area (Å²) in [6, 6.07) is 18.7. The molecule has 1 saturated heterocycles. The van der Waals surface area contributed by atoms with Crippen LogP contribution in [0.25, 0.3) is 5.69 Å². The van der Waals surface area contributed by atoms with Crippen LogP contribution in [-0.4, -0.2) is 31.4 Å². The normalized spacial score (nSPS) is 23.8. The van der Waals surface area contributed by atoms with Gasteiger partial charge in [0.25, 0.3) is 0 Å². The van der Waals surface area contributed by atoms with Crippen LogP contribution in [0.5, 0.6) is 0 Å². The first-order chi connectivity index (χ1) is 13.6. The Morgan fingerprint density at radius 3 is 2.64 bits per heavy atom. The first kappa shape index (κ1) is 17.8. The molecule has 5 rings (SSSR count). The van der Waals surface area contributed by atoms with E-state index < -0.39 is 0 Å². The average molecular weight is 409 g/mol. The molecular formula is C22H21ClN4S. The summed E-state index contributed by atoms with van der Waals surface area (Å²) in [6.45, 7) is 5.41. The van der Waals surface area contributed by atoms with Gasteiger partial charge in [0, 0.05) is 40.1 Å². The number of amidine groups is 1. The van der Waals surface area contributed by atoms with E-state index in [0.717, 1.165) is 28.1 Å². The molecule has 2 aliphatic rings. The lowest BCUT2D eigenvalue weighted by molar-refractivity contribution is 0.312. The van der Waals surface area contributed by atoms with Crippen molar-refractivity contribution in [2.24, 2.45) is 4.99 Å². The number of hydrogen-bond donors (Lipinski definition) is 0. The summed E-state index contributed by atoms with van der Waals surface area (Å²) in [4.78, 5) is 12.2. The zero-order chi connectivity index (χ0) is 19.3. The van der Waals surface area contributed by atoms with Crippen molar-refractivity contribution in [3.63, 3.8) is 0 Å². The summed E-state index contributed by atoms with van der Waals surface area (Å²) in [5.74, 6) is 0. The predicted octanol–water partition coefficient (Wildman–Crippen LogP) is 5.42. The zero-order valence-corrected chi connectivity index (χ0v) is 17.4. The lowest BCUT2D eigenvalue weighted by Gasteiger charge is -2.28. The first-order valence-corrected chi connectivity index (χ1v) is 10.7. The second-order valence-electron chi connectivity index (χ2n) is 7.35. The van der Waals surface area contributed by atoms with Gasteiger partial charge >= 0.3 is 0 Å². The van der Waals surface area contributed by atoms with E-state index in [1.807, 2.05) is 42.2 Å². The van der Waals surface area contributed by atoms with Crippen LogP contribution >= 0.6 is 23.4 Å². The fourth-order valence-electron chi connectivity index (χ4n) is 4.17. The van der Waals surface area contributed by atoms with Crippen molar-refractivity contribution >= 4 is 28.5 Å². The third-order valence-electron chi connectivity index (χ3n) is 5.38. The van der Waals surface area contributed by atoms with Gasteiger partial charge in [-0.25, -0.2) is 0 Å². The lowest BCUT2D eigenvalue weighted by atomic mass is 10.0. The summed E-state index contributed by atoms with van der Waals surface area (Å²) in [5, 5.41) is 2.43. The van der Waals surface area contributed by atoms with Crippen LogP contribution in [0.15, 0.2) is 65.8 Å². The molecule has 4 heterocycles. The van der Waals surface area contributed by atoms with E-state index in [4.69, 9.17) is 16.6 Å². The van der Waals surface area contributed by atoms with Gasteiger partial charge in [-0.2, -0.15) is 0 Å². The van der Waals surface area contributed by atoms with Crippen molar-refractivity contribution in [3.05, 3.63) is 82.9 Å². The summed E-state index contributed by atoms with van der Waals surface area (Å²) in [7, 11) is 0. The van der Waals surface area contributed by atoms with E-state index in [9.17, 15) is 0 Å². The summed E-state index contributed by atoms with van der Waals surface area (Å²) >= 11 is 7.99. The summed E-state index contributed by atoms with van der Waals surface area (Å²) < 4.78 is 2.32. The second-order valence-corrected chi connectivity index (χ2v) is 9.19. The number of fused-ring (bicyclic) bond motifs is 1. The van der Waals surface area contributed by atoms with Crippen LogP contribution in [0.4, 0.5) is 0 Å². The van der Waals surface area contributed by atoms with Crippen molar-refractivity contribution in [1.82, 2.24) is 14.5 Å². The van der Waals surface area contributed by atoms with Gasteiger partial charge in [0.05, 0.1) is 11.7 Å². The molecule has 0 unspecified atom stereocenters. The molecule has 2 aliphatic heterocycles. The largest absolute Gasteiger partial charge is 0.339 e. The highest BCUT2D eigenvalue weighted by atomic mass is 35.5. The van der Waals surface area contributed by atoms with Crippen molar-refractivity contribution in [2.75, 3.05) is 6.54 Å². The van der Waals surface area contributed by atoms with E-state index in [1.165, 1.54) is 11.4 Å². The third-order valence-corrected chi connectivity index (χ3v) is 6.73. The number of nitrogens with zero attached hydrogens (tertiary/aromatic N) is 4. The van der Waals surface area contributed by atoms with Crippen LogP contribution in [0, 0.1) is 6.92 Å². The standard InChI is InChI=1S/C22H21ClN4S/c1-14-6-11-19(27(14)17-9-7-16(23)8-10-17)21-20(18-5-3-4-12-24-18)25-22-26(21)13-15(2)28-22/h3-12,15,20-21H,13H2,1-2H3/t15-,20-,21-/m1/s1. The second kappa shape index (κ2) is 6.98. The van der Waals surface area contributed by atoms with Gasteiger partial charge < -0.3 is 9.47 Å². The number of aliphatic imine (C=N–C) groups is 1. The van der Waals surface area contributed by atoms with Gasteiger partial charge in [-0.3, -0.25) is 9.98 Å². The van der Waals surface area contributed by atoms with E-state index in [2.05, 4.69) is 58.6 Å². The fourth-order valence-corrected chi connectivity index (χ4v) is 5.39. The molecule has 0 saturated carbocycles. The van der Waals surface area contributed by atoms with Crippen LogP contribution < -0.4 is 0 Å². The third kappa shape index (κ3) is 2.93. The molecule has 3 aromatic rings. The van der Waals surface area contributed by atoms with E-state index >= 15 is 0 Å². The zero-order valence-electron chi connectivity index (χ0n) is 15.8. The molecule has 28 heavy (non-hydrogen) atoms. The van der Waals surface area contributed by atoms with Gasteiger partial charge in [0.1, 0.15) is 6.04 Å². The van der Waals surface area contributed by atoms with E-state index in [0.29, 0.717) is 5.25 Å². The smallest absolute Gasteiger partial charge is 0.160 e. The summed E-state index contributed by atoms with van der Waals surface area (Å²) in [6.07, 6.45) is 1.86. The Labute approximate surface area is 174 Å². The molecule has 0 spiro atoms. The number of thioether (sulfide) groups is 1. The van der Waals surface area contributed by atoms with Gasteiger partial charge in [0.15, 0.2) is 5.17 Å².